The van der Waals surface area contributed by atoms with Crippen LogP contribution in [-0.2, 0) is 6.42 Å². The van der Waals surface area contributed by atoms with Gasteiger partial charge in [-0.1, -0.05) is 29.8 Å². The van der Waals surface area contributed by atoms with Gasteiger partial charge in [0.25, 0.3) is 11.8 Å². The van der Waals surface area contributed by atoms with Crippen molar-refractivity contribution in [1.82, 2.24) is 5.32 Å². The van der Waals surface area contributed by atoms with Crippen LogP contribution in [0.25, 0.3) is 0 Å². The van der Waals surface area contributed by atoms with Crippen LogP contribution in [0.5, 0.6) is 11.5 Å². The molecule has 0 heterocycles. The molecule has 31 heavy (non-hydrogen) atoms. The van der Waals surface area contributed by atoms with Crippen LogP contribution in [0.2, 0.25) is 0 Å². The molecule has 3 rings (SSSR count). The van der Waals surface area contributed by atoms with E-state index in [0.717, 1.165) is 11.1 Å². The molecule has 0 saturated carbocycles. The first-order valence-corrected chi connectivity index (χ1v) is 9.97. The van der Waals surface area contributed by atoms with Gasteiger partial charge in [-0.05, 0) is 61.4 Å². The van der Waals surface area contributed by atoms with Gasteiger partial charge in [0, 0.05) is 23.4 Å². The summed E-state index contributed by atoms with van der Waals surface area (Å²) >= 11 is 0. The number of carbonyl (C=O) groups excluding carboxylic acids is 2. The molecule has 0 unspecified atom stereocenters. The van der Waals surface area contributed by atoms with Crippen LogP contribution in [0.1, 0.15) is 31.8 Å². The van der Waals surface area contributed by atoms with Crippen LogP contribution in [-0.4, -0.2) is 32.6 Å². The number of rotatable bonds is 8. The lowest BCUT2D eigenvalue weighted by Crippen LogP contribution is -2.25. The summed E-state index contributed by atoms with van der Waals surface area (Å²) in [6.07, 6.45) is 0.649. The number of anilines is 1. The molecule has 0 spiro atoms. The van der Waals surface area contributed by atoms with E-state index in [1.165, 1.54) is 0 Å². The van der Waals surface area contributed by atoms with Gasteiger partial charge in [-0.3, -0.25) is 9.59 Å². The highest BCUT2D eigenvalue weighted by Crippen LogP contribution is 2.27. The van der Waals surface area contributed by atoms with Gasteiger partial charge in [-0.25, -0.2) is 0 Å². The normalized spacial score (nSPS) is 10.3. The first kappa shape index (κ1) is 21.9. The largest absolute Gasteiger partial charge is 0.493 e. The van der Waals surface area contributed by atoms with Crippen molar-refractivity contribution >= 4 is 17.5 Å². The Morgan fingerprint density at radius 2 is 1.52 bits per heavy atom. The van der Waals surface area contributed by atoms with Crippen molar-refractivity contribution in [3.63, 3.8) is 0 Å². The van der Waals surface area contributed by atoms with Crippen molar-refractivity contribution in [2.24, 2.45) is 0 Å². The topological polar surface area (TPSA) is 76.7 Å². The Balaban J connectivity index is 1.58. The lowest BCUT2D eigenvalue weighted by molar-refractivity contribution is 0.0952. The molecule has 2 amide bonds. The number of methoxy groups -OCH3 is 2. The molecule has 160 valence electrons. The highest BCUT2D eigenvalue weighted by molar-refractivity contribution is 6.05. The number of benzene rings is 3. The Morgan fingerprint density at radius 3 is 2.23 bits per heavy atom. The first-order valence-electron chi connectivity index (χ1n) is 9.97. The molecule has 0 aliphatic carbocycles. The molecular weight excluding hydrogens is 392 g/mol. The fraction of sp³-hybridized carbons (Fsp3) is 0.200. The van der Waals surface area contributed by atoms with Crippen molar-refractivity contribution in [3.05, 3.63) is 89.0 Å². The van der Waals surface area contributed by atoms with Gasteiger partial charge in [-0.15, -0.1) is 0 Å². The number of ether oxygens (including phenoxy) is 2. The predicted octanol–water partition coefficient (Wildman–Crippen LogP) is 4.24. The third kappa shape index (κ3) is 5.85. The van der Waals surface area contributed by atoms with Gasteiger partial charge >= 0.3 is 0 Å². The number of carbonyl (C=O) groups is 2. The van der Waals surface area contributed by atoms with E-state index in [0.29, 0.717) is 41.3 Å². The van der Waals surface area contributed by atoms with Crippen LogP contribution in [0.4, 0.5) is 5.69 Å². The smallest absolute Gasteiger partial charge is 0.255 e. The summed E-state index contributed by atoms with van der Waals surface area (Å²) < 4.78 is 10.5. The highest BCUT2D eigenvalue weighted by atomic mass is 16.5. The summed E-state index contributed by atoms with van der Waals surface area (Å²) in [7, 11) is 3.18. The van der Waals surface area contributed by atoms with E-state index < -0.39 is 0 Å². The lowest BCUT2D eigenvalue weighted by atomic mass is 10.1. The van der Waals surface area contributed by atoms with Crippen LogP contribution in [0, 0.1) is 6.92 Å². The second-order valence-corrected chi connectivity index (χ2v) is 7.10. The van der Waals surface area contributed by atoms with Gasteiger partial charge in [0.2, 0.25) is 0 Å². The predicted molar refractivity (Wildman–Crippen MR) is 121 cm³/mol. The summed E-state index contributed by atoms with van der Waals surface area (Å²) in [5.41, 5.74) is 3.66. The number of amides is 2. The van der Waals surface area contributed by atoms with Crippen molar-refractivity contribution < 1.29 is 19.1 Å². The molecule has 6 nitrogen and oxygen atoms in total. The molecule has 0 radical (unpaired) electrons. The molecule has 0 atom stereocenters. The molecule has 0 aliphatic rings. The van der Waals surface area contributed by atoms with Crippen LogP contribution in [0.15, 0.2) is 66.7 Å². The van der Waals surface area contributed by atoms with E-state index in [1.54, 1.807) is 44.6 Å². The minimum absolute atomic E-state index is 0.202. The quantitative estimate of drug-likeness (QED) is 0.574. The molecule has 0 bridgehead atoms. The molecule has 0 saturated heterocycles. The van der Waals surface area contributed by atoms with Crippen molar-refractivity contribution in [2.45, 2.75) is 13.3 Å². The van der Waals surface area contributed by atoms with Crippen molar-refractivity contribution in [2.75, 3.05) is 26.1 Å². The average Bonchev–Trinajstić information content (AvgIpc) is 2.79. The zero-order valence-electron chi connectivity index (χ0n) is 17.9. The maximum Gasteiger partial charge on any atom is 0.255 e. The Kier molecular flexibility index (Phi) is 7.27. The number of hydrogen-bond donors (Lipinski definition) is 2. The van der Waals surface area contributed by atoms with Gasteiger partial charge in [0.15, 0.2) is 11.5 Å². The second-order valence-electron chi connectivity index (χ2n) is 7.10. The minimum atomic E-state index is -0.213. The lowest BCUT2D eigenvalue weighted by Gasteiger charge is -2.11. The monoisotopic (exact) mass is 418 g/mol. The molecular formula is C25H26N2O4. The summed E-state index contributed by atoms with van der Waals surface area (Å²) in [5, 5.41) is 5.75. The fourth-order valence-corrected chi connectivity index (χ4v) is 3.19. The van der Waals surface area contributed by atoms with E-state index in [-0.39, 0.29) is 11.8 Å². The van der Waals surface area contributed by atoms with E-state index >= 15 is 0 Å². The van der Waals surface area contributed by atoms with E-state index in [2.05, 4.69) is 10.6 Å². The Labute approximate surface area is 182 Å². The highest BCUT2D eigenvalue weighted by Gasteiger charge is 2.10. The van der Waals surface area contributed by atoms with Gasteiger partial charge in [0.1, 0.15) is 0 Å². The zero-order chi connectivity index (χ0) is 22.2. The zero-order valence-corrected chi connectivity index (χ0v) is 17.9. The van der Waals surface area contributed by atoms with Crippen LogP contribution >= 0.6 is 0 Å². The summed E-state index contributed by atoms with van der Waals surface area (Å²) in [5.74, 6) is 0.907. The third-order valence-corrected chi connectivity index (χ3v) is 4.81. The maximum atomic E-state index is 12.5. The standard InChI is InChI=1S/C25H26N2O4/c1-17-6-4-7-19(14-17)25(29)27-21-9-5-8-20(16-21)24(28)26-13-12-18-10-11-22(30-2)23(15-18)31-3/h4-11,14-16H,12-13H2,1-3H3,(H,26,28)(H,27,29). The van der Waals surface area contributed by atoms with Gasteiger partial charge < -0.3 is 20.1 Å². The van der Waals surface area contributed by atoms with Crippen LogP contribution < -0.4 is 20.1 Å². The summed E-state index contributed by atoms with van der Waals surface area (Å²) in [4.78, 5) is 25.0. The average molecular weight is 418 g/mol. The summed E-state index contributed by atoms with van der Waals surface area (Å²) in [6, 6.07) is 19.9. The van der Waals surface area contributed by atoms with E-state index in [1.807, 2.05) is 43.3 Å². The third-order valence-electron chi connectivity index (χ3n) is 4.81. The first-order chi connectivity index (χ1) is 15.0. The Morgan fingerprint density at radius 1 is 0.806 bits per heavy atom. The molecule has 0 fully saturated rings. The van der Waals surface area contributed by atoms with E-state index in [4.69, 9.17) is 9.47 Å². The fourth-order valence-electron chi connectivity index (χ4n) is 3.19. The molecule has 3 aromatic rings. The number of aryl methyl sites for hydroxylation is 1. The molecule has 0 aliphatic heterocycles. The van der Waals surface area contributed by atoms with E-state index in [9.17, 15) is 9.59 Å². The molecule has 2 N–H and O–H groups in total. The van der Waals surface area contributed by atoms with Gasteiger partial charge in [-0.2, -0.15) is 0 Å². The number of nitrogens with one attached hydrogen (secondary N) is 2. The molecule has 3 aromatic carbocycles. The maximum absolute atomic E-state index is 12.5. The molecule has 0 aromatic heterocycles. The van der Waals surface area contributed by atoms with Crippen molar-refractivity contribution in [3.8, 4) is 11.5 Å². The molecule has 6 heteroatoms. The second kappa shape index (κ2) is 10.3. The summed E-state index contributed by atoms with van der Waals surface area (Å²) in [6.45, 7) is 2.40. The van der Waals surface area contributed by atoms with Crippen molar-refractivity contribution in [1.29, 1.82) is 0 Å². The van der Waals surface area contributed by atoms with Gasteiger partial charge in [0.05, 0.1) is 14.2 Å². The SMILES string of the molecule is COc1ccc(CCNC(=O)c2cccc(NC(=O)c3cccc(C)c3)c2)cc1OC. The number of hydrogen-bond acceptors (Lipinski definition) is 4. The Hall–Kier alpha value is -3.80. The van der Waals surface area contributed by atoms with Crippen LogP contribution in [0.3, 0.4) is 0 Å². The Bertz CT molecular complexity index is 1080. The minimum Gasteiger partial charge on any atom is -0.493 e.